The molecule has 118 valence electrons. The molecule has 0 fully saturated rings. The first-order valence-electron chi connectivity index (χ1n) is 6.93. The molecule has 4 aromatic rings. The fourth-order valence-electron chi connectivity index (χ4n) is 2.12. The van der Waals surface area contributed by atoms with Crippen molar-refractivity contribution in [2.75, 3.05) is 5.32 Å². The number of aromatic nitrogens is 3. The maximum atomic E-state index is 12.3. The number of amides is 1. The summed E-state index contributed by atoms with van der Waals surface area (Å²) in [4.78, 5) is 26.3. The Hall–Kier alpha value is -2.35. The Labute approximate surface area is 150 Å². The summed E-state index contributed by atoms with van der Waals surface area (Å²) in [6.07, 6.45) is 1.46. The SMILES string of the molecule is O=C(Nc1nc(-c2ccc(Cl)s2)cs1)c1cnc2ccccc2n1. The van der Waals surface area contributed by atoms with Crippen molar-refractivity contribution < 1.29 is 4.79 Å². The van der Waals surface area contributed by atoms with Gasteiger partial charge in [0.2, 0.25) is 0 Å². The quantitative estimate of drug-likeness (QED) is 0.565. The van der Waals surface area contributed by atoms with E-state index in [2.05, 4.69) is 20.3 Å². The number of rotatable bonds is 3. The average Bonchev–Trinajstić information content (AvgIpc) is 3.23. The third kappa shape index (κ3) is 3.01. The number of thiazole rings is 1. The second-order valence-corrected chi connectivity index (χ2v) is 7.41. The highest BCUT2D eigenvalue weighted by atomic mass is 35.5. The molecule has 1 N–H and O–H groups in total. The molecule has 0 atom stereocenters. The summed E-state index contributed by atoms with van der Waals surface area (Å²) < 4.78 is 0.704. The van der Waals surface area contributed by atoms with Crippen LogP contribution in [0.1, 0.15) is 10.5 Å². The minimum absolute atomic E-state index is 0.254. The smallest absolute Gasteiger partial charge is 0.277 e. The molecule has 0 spiro atoms. The van der Waals surface area contributed by atoms with E-state index in [-0.39, 0.29) is 11.6 Å². The van der Waals surface area contributed by atoms with E-state index in [4.69, 9.17) is 11.6 Å². The lowest BCUT2D eigenvalue weighted by atomic mass is 10.3. The van der Waals surface area contributed by atoms with Crippen molar-refractivity contribution in [1.82, 2.24) is 15.0 Å². The molecular formula is C16H9ClN4OS2. The molecule has 0 aliphatic carbocycles. The Morgan fingerprint density at radius 1 is 1.08 bits per heavy atom. The molecule has 0 bridgehead atoms. The summed E-state index contributed by atoms with van der Waals surface area (Å²) in [5.41, 5.74) is 2.47. The third-order valence-electron chi connectivity index (χ3n) is 3.23. The standard InChI is InChI=1S/C16H9ClN4OS2/c17-14-6-5-13(24-14)12-8-23-16(20-12)21-15(22)11-7-18-9-3-1-2-4-10(9)19-11/h1-8H,(H,20,21,22). The van der Waals surface area contributed by atoms with Gasteiger partial charge in [0.25, 0.3) is 5.91 Å². The summed E-state index contributed by atoms with van der Waals surface area (Å²) in [6.45, 7) is 0. The van der Waals surface area contributed by atoms with Crippen molar-refractivity contribution in [3.05, 3.63) is 58.0 Å². The number of hydrogen-bond acceptors (Lipinski definition) is 6. The predicted octanol–water partition coefficient (Wildman–Crippen LogP) is 4.72. The van der Waals surface area contributed by atoms with Crippen LogP contribution in [0, 0.1) is 0 Å². The predicted molar refractivity (Wildman–Crippen MR) is 97.9 cm³/mol. The summed E-state index contributed by atoms with van der Waals surface area (Å²) in [6, 6.07) is 11.1. The number of para-hydroxylation sites is 2. The lowest BCUT2D eigenvalue weighted by Crippen LogP contribution is -2.14. The molecule has 3 aromatic heterocycles. The van der Waals surface area contributed by atoms with Gasteiger partial charge in [0, 0.05) is 5.38 Å². The van der Waals surface area contributed by atoms with Crippen LogP contribution in [0.3, 0.4) is 0 Å². The molecular weight excluding hydrogens is 364 g/mol. The molecule has 3 heterocycles. The molecule has 1 amide bonds. The van der Waals surface area contributed by atoms with Gasteiger partial charge in [0.15, 0.2) is 5.13 Å². The molecule has 0 aliphatic heterocycles. The number of nitrogens with zero attached hydrogens (tertiary/aromatic N) is 3. The lowest BCUT2D eigenvalue weighted by molar-refractivity contribution is 0.102. The van der Waals surface area contributed by atoms with Gasteiger partial charge in [0.05, 0.1) is 32.1 Å². The van der Waals surface area contributed by atoms with Gasteiger partial charge < -0.3 is 0 Å². The molecule has 8 heteroatoms. The third-order valence-corrected chi connectivity index (χ3v) is 5.24. The molecule has 0 unspecified atom stereocenters. The number of thiophene rings is 1. The number of hydrogen-bond donors (Lipinski definition) is 1. The van der Waals surface area contributed by atoms with Crippen molar-refractivity contribution in [2.24, 2.45) is 0 Å². The Morgan fingerprint density at radius 3 is 2.71 bits per heavy atom. The first-order chi connectivity index (χ1) is 11.7. The number of carbonyl (C=O) groups excluding carboxylic acids is 1. The van der Waals surface area contributed by atoms with Crippen molar-refractivity contribution in [3.63, 3.8) is 0 Å². The van der Waals surface area contributed by atoms with E-state index in [1.807, 2.05) is 41.8 Å². The van der Waals surface area contributed by atoms with E-state index in [9.17, 15) is 4.79 Å². The maximum absolute atomic E-state index is 12.3. The van der Waals surface area contributed by atoms with Crippen LogP contribution in [-0.2, 0) is 0 Å². The highest BCUT2D eigenvalue weighted by Gasteiger charge is 2.13. The molecule has 0 aliphatic rings. The van der Waals surface area contributed by atoms with E-state index in [0.717, 1.165) is 16.1 Å². The Morgan fingerprint density at radius 2 is 1.92 bits per heavy atom. The molecule has 4 rings (SSSR count). The van der Waals surface area contributed by atoms with Crippen LogP contribution in [0.4, 0.5) is 5.13 Å². The number of carbonyl (C=O) groups is 1. The second kappa shape index (κ2) is 6.27. The van der Waals surface area contributed by atoms with Gasteiger partial charge in [0.1, 0.15) is 5.69 Å². The number of halogens is 1. The van der Waals surface area contributed by atoms with E-state index in [0.29, 0.717) is 15.0 Å². The van der Waals surface area contributed by atoms with Crippen molar-refractivity contribution in [3.8, 4) is 10.6 Å². The largest absolute Gasteiger partial charge is 0.296 e. The second-order valence-electron chi connectivity index (χ2n) is 4.84. The fourth-order valence-corrected chi connectivity index (χ4v) is 3.91. The van der Waals surface area contributed by atoms with Crippen LogP contribution in [-0.4, -0.2) is 20.9 Å². The minimum atomic E-state index is -0.335. The van der Waals surface area contributed by atoms with Crippen molar-refractivity contribution >= 4 is 56.3 Å². The number of benzene rings is 1. The molecule has 5 nitrogen and oxygen atoms in total. The zero-order valence-electron chi connectivity index (χ0n) is 12.1. The van der Waals surface area contributed by atoms with Crippen molar-refractivity contribution in [1.29, 1.82) is 0 Å². The normalized spacial score (nSPS) is 10.9. The maximum Gasteiger partial charge on any atom is 0.277 e. The average molecular weight is 373 g/mol. The highest BCUT2D eigenvalue weighted by molar-refractivity contribution is 7.20. The van der Waals surface area contributed by atoms with Gasteiger partial charge >= 0.3 is 0 Å². The Bertz CT molecular complexity index is 1040. The highest BCUT2D eigenvalue weighted by Crippen LogP contribution is 2.32. The number of fused-ring (bicyclic) bond motifs is 1. The first kappa shape index (κ1) is 15.2. The summed E-state index contributed by atoms with van der Waals surface area (Å²) in [5.74, 6) is -0.335. The van der Waals surface area contributed by atoms with Gasteiger partial charge in [-0.2, -0.15) is 0 Å². The van der Waals surface area contributed by atoms with Crippen LogP contribution >= 0.6 is 34.3 Å². The lowest BCUT2D eigenvalue weighted by Gasteiger charge is -2.02. The summed E-state index contributed by atoms with van der Waals surface area (Å²) in [7, 11) is 0. The van der Waals surface area contributed by atoms with Crippen LogP contribution in [0.5, 0.6) is 0 Å². The van der Waals surface area contributed by atoms with Crippen LogP contribution in [0.15, 0.2) is 48.0 Å². The van der Waals surface area contributed by atoms with Gasteiger partial charge in [-0.15, -0.1) is 22.7 Å². The van der Waals surface area contributed by atoms with Crippen LogP contribution in [0.2, 0.25) is 4.34 Å². The molecule has 0 radical (unpaired) electrons. The topological polar surface area (TPSA) is 67.8 Å². The van der Waals surface area contributed by atoms with Gasteiger partial charge in [-0.1, -0.05) is 23.7 Å². The summed E-state index contributed by atoms with van der Waals surface area (Å²) >= 11 is 8.74. The van der Waals surface area contributed by atoms with E-state index in [1.54, 1.807) is 0 Å². The Kier molecular flexibility index (Phi) is 3.97. The van der Waals surface area contributed by atoms with E-state index < -0.39 is 0 Å². The molecule has 24 heavy (non-hydrogen) atoms. The number of nitrogens with one attached hydrogen (secondary N) is 1. The van der Waals surface area contributed by atoms with E-state index >= 15 is 0 Å². The summed E-state index contributed by atoms with van der Waals surface area (Å²) in [5, 5.41) is 5.15. The first-order valence-corrected chi connectivity index (χ1v) is 9.01. The van der Waals surface area contributed by atoms with Gasteiger partial charge in [-0.3, -0.25) is 15.1 Å². The van der Waals surface area contributed by atoms with Gasteiger partial charge in [-0.05, 0) is 24.3 Å². The fraction of sp³-hybridized carbons (Fsp3) is 0. The zero-order valence-corrected chi connectivity index (χ0v) is 14.5. The van der Waals surface area contributed by atoms with Crippen LogP contribution in [0.25, 0.3) is 21.6 Å². The zero-order chi connectivity index (χ0) is 16.5. The van der Waals surface area contributed by atoms with Crippen LogP contribution < -0.4 is 5.32 Å². The monoisotopic (exact) mass is 372 g/mol. The molecule has 1 aromatic carbocycles. The van der Waals surface area contributed by atoms with Gasteiger partial charge in [-0.25, -0.2) is 9.97 Å². The molecule has 0 saturated heterocycles. The Balaban J connectivity index is 1.56. The molecule has 0 saturated carbocycles. The van der Waals surface area contributed by atoms with Crippen molar-refractivity contribution in [2.45, 2.75) is 0 Å². The van der Waals surface area contributed by atoms with E-state index in [1.165, 1.54) is 28.9 Å². The number of anilines is 1. The minimum Gasteiger partial charge on any atom is -0.296 e.